The molecule has 2 fully saturated rings. The summed E-state index contributed by atoms with van der Waals surface area (Å²) in [4.78, 5) is 14.5. The molecule has 7 heteroatoms. The third kappa shape index (κ3) is 2.74. The Labute approximate surface area is 144 Å². The van der Waals surface area contributed by atoms with E-state index in [0.717, 1.165) is 24.2 Å². The maximum Gasteiger partial charge on any atom is 0.234 e. The van der Waals surface area contributed by atoms with Crippen molar-refractivity contribution in [1.29, 1.82) is 0 Å². The zero-order valence-corrected chi connectivity index (χ0v) is 14.0. The highest BCUT2D eigenvalue weighted by Gasteiger charge is 2.42. The van der Waals surface area contributed by atoms with Crippen LogP contribution in [-0.2, 0) is 11.3 Å². The van der Waals surface area contributed by atoms with Gasteiger partial charge in [-0.2, -0.15) is 0 Å². The van der Waals surface area contributed by atoms with E-state index in [0.29, 0.717) is 23.8 Å². The summed E-state index contributed by atoms with van der Waals surface area (Å²) in [6.07, 6.45) is 2.52. The minimum Gasteiger partial charge on any atom is -0.454 e. The first kappa shape index (κ1) is 15.0. The van der Waals surface area contributed by atoms with Crippen molar-refractivity contribution < 1.29 is 14.3 Å². The van der Waals surface area contributed by atoms with E-state index in [1.54, 1.807) is 4.90 Å². The van der Waals surface area contributed by atoms with Gasteiger partial charge in [0.2, 0.25) is 12.7 Å². The molecule has 1 aromatic rings. The molecule has 1 aliphatic carbocycles. The van der Waals surface area contributed by atoms with E-state index in [2.05, 4.69) is 5.32 Å². The largest absolute Gasteiger partial charge is 0.454 e. The minimum absolute atomic E-state index is 0.0704. The second kappa shape index (κ2) is 5.83. The number of nitrogens with one attached hydrogen (secondary N) is 1. The van der Waals surface area contributed by atoms with Gasteiger partial charge in [-0.25, -0.2) is 0 Å². The Morgan fingerprint density at radius 1 is 1.30 bits per heavy atom. The fourth-order valence-electron chi connectivity index (χ4n) is 3.47. The van der Waals surface area contributed by atoms with Gasteiger partial charge in [-0.3, -0.25) is 9.69 Å². The average molecular weight is 353 g/mol. The number of ether oxygens (including phenoxy) is 2. The van der Waals surface area contributed by atoms with Gasteiger partial charge in [0.25, 0.3) is 0 Å². The van der Waals surface area contributed by atoms with Crippen molar-refractivity contribution in [2.24, 2.45) is 5.92 Å². The molecule has 0 spiro atoms. The van der Waals surface area contributed by atoms with Gasteiger partial charge in [-0.15, -0.1) is 11.6 Å². The number of carbonyl (C=O) groups excluding carboxylic acids is 1. The van der Waals surface area contributed by atoms with Gasteiger partial charge in [0.15, 0.2) is 16.6 Å². The molecule has 0 bridgehead atoms. The summed E-state index contributed by atoms with van der Waals surface area (Å²) in [6, 6.07) is 5.81. The summed E-state index contributed by atoms with van der Waals surface area (Å²) >= 11 is 11.7. The monoisotopic (exact) mass is 352 g/mol. The van der Waals surface area contributed by atoms with Crippen molar-refractivity contribution in [3.8, 4) is 11.5 Å². The lowest BCUT2D eigenvalue weighted by Gasteiger charge is -2.42. The van der Waals surface area contributed by atoms with E-state index < -0.39 is 0 Å². The fraction of sp³-hybridized carbons (Fsp3) is 0.500. The molecule has 1 N–H and O–H groups in total. The van der Waals surface area contributed by atoms with Crippen LogP contribution in [0.1, 0.15) is 24.8 Å². The molecule has 122 valence electrons. The van der Waals surface area contributed by atoms with E-state index in [4.69, 9.17) is 33.3 Å². The molecule has 2 heterocycles. The maximum absolute atomic E-state index is 12.8. The van der Waals surface area contributed by atoms with Crippen LogP contribution in [0.25, 0.3) is 0 Å². The number of nitrogens with zero attached hydrogens (tertiary/aromatic N) is 1. The number of fused-ring (bicyclic) bond motifs is 2. The van der Waals surface area contributed by atoms with Crippen molar-refractivity contribution in [3.05, 3.63) is 23.8 Å². The standard InChI is InChI=1S/C16H17ClN2O3S/c17-10-2-3-12-11(6-10)15(20)19(16(23)18-12)7-9-1-4-13-14(5-9)22-8-21-13/h1,4-5,10-12H,2-3,6-8H2,(H,18,23). The summed E-state index contributed by atoms with van der Waals surface area (Å²) in [5, 5.41) is 3.89. The van der Waals surface area contributed by atoms with Gasteiger partial charge in [-0.1, -0.05) is 6.07 Å². The number of thiocarbonyl (C=S) groups is 1. The highest BCUT2D eigenvalue weighted by molar-refractivity contribution is 7.80. The van der Waals surface area contributed by atoms with Crippen LogP contribution >= 0.6 is 23.8 Å². The lowest BCUT2D eigenvalue weighted by atomic mass is 9.82. The number of benzene rings is 1. The summed E-state index contributed by atoms with van der Waals surface area (Å²) in [5.74, 6) is 1.42. The molecular weight excluding hydrogens is 336 g/mol. The van der Waals surface area contributed by atoms with Crippen molar-refractivity contribution in [2.75, 3.05) is 6.79 Å². The van der Waals surface area contributed by atoms with Gasteiger partial charge in [0.05, 0.1) is 12.5 Å². The summed E-state index contributed by atoms with van der Waals surface area (Å²) in [7, 11) is 0. The first-order valence-corrected chi connectivity index (χ1v) is 8.61. The van der Waals surface area contributed by atoms with E-state index >= 15 is 0 Å². The number of halogens is 1. The Hall–Kier alpha value is -1.53. The van der Waals surface area contributed by atoms with E-state index in [1.807, 2.05) is 18.2 Å². The zero-order chi connectivity index (χ0) is 16.0. The van der Waals surface area contributed by atoms with Crippen molar-refractivity contribution in [2.45, 2.75) is 37.2 Å². The third-order valence-corrected chi connectivity index (χ3v) is 5.44. The molecular formula is C16H17ClN2O3S. The maximum atomic E-state index is 12.8. The first-order chi connectivity index (χ1) is 11.1. The first-order valence-electron chi connectivity index (χ1n) is 7.76. The molecule has 3 atom stereocenters. The molecule has 1 saturated carbocycles. The Bertz CT molecular complexity index is 669. The second-order valence-corrected chi connectivity index (χ2v) is 7.19. The average Bonchev–Trinajstić information content (AvgIpc) is 3.00. The van der Waals surface area contributed by atoms with Gasteiger partial charge in [-0.05, 0) is 49.2 Å². The van der Waals surface area contributed by atoms with Crippen molar-refractivity contribution >= 4 is 34.8 Å². The van der Waals surface area contributed by atoms with E-state index in [9.17, 15) is 4.79 Å². The molecule has 1 saturated heterocycles. The molecule has 23 heavy (non-hydrogen) atoms. The van der Waals surface area contributed by atoms with Gasteiger partial charge < -0.3 is 14.8 Å². The number of rotatable bonds is 2. The van der Waals surface area contributed by atoms with E-state index in [-0.39, 0.29) is 30.0 Å². The highest BCUT2D eigenvalue weighted by Crippen LogP contribution is 2.35. The molecule has 3 unspecified atom stereocenters. The minimum atomic E-state index is -0.0908. The molecule has 3 aliphatic rings. The lowest BCUT2D eigenvalue weighted by molar-refractivity contribution is -0.135. The van der Waals surface area contributed by atoms with Gasteiger partial charge in [0, 0.05) is 11.4 Å². The summed E-state index contributed by atoms with van der Waals surface area (Å²) < 4.78 is 10.7. The number of hydrogen-bond donors (Lipinski definition) is 1. The number of carbonyl (C=O) groups is 1. The third-order valence-electron chi connectivity index (χ3n) is 4.70. The van der Waals surface area contributed by atoms with Crippen LogP contribution in [0.2, 0.25) is 0 Å². The van der Waals surface area contributed by atoms with Crippen LogP contribution < -0.4 is 14.8 Å². The highest BCUT2D eigenvalue weighted by atomic mass is 35.5. The SMILES string of the molecule is O=C1C2CC(Cl)CCC2NC(=S)N1Cc1ccc2c(c1)OCO2. The molecule has 4 rings (SSSR count). The predicted molar refractivity (Wildman–Crippen MR) is 89.6 cm³/mol. The Kier molecular flexibility index (Phi) is 3.81. The van der Waals surface area contributed by atoms with Crippen LogP contribution in [0.4, 0.5) is 0 Å². The quantitative estimate of drug-likeness (QED) is 0.654. The number of hydrogen-bond acceptors (Lipinski definition) is 4. The topological polar surface area (TPSA) is 50.8 Å². The van der Waals surface area contributed by atoms with Crippen molar-refractivity contribution in [3.63, 3.8) is 0 Å². The predicted octanol–water partition coefficient (Wildman–Crippen LogP) is 2.41. The number of amides is 1. The second-order valence-electron chi connectivity index (χ2n) is 6.18. The summed E-state index contributed by atoms with van der Waals surface area (Å²) in [6.45, 7) is 0.666. The molecule has 0 radical (unpaired) electrons. The van der Waals surface area contributed by atoms with Gasteiger partial charge >= 0.3 is 0 Å². The Morgan fingerprint density at radius 2 is 2.13 bits per heavy atom. The summed E-state index contributed by atoms with van der Waals surface area (Å²) in [5.41, 5.74) is 0.962. The molecule has 5 nitrogen and oxygen atoms in total. The van der Waals surface area contributed by atoms with Crippen LogP contribution in [0, 0.1) is 5.92 Å². The Morgan fingerprint density at radius 3 is 3.00 bits per heavy atom. The van der Waals surface area contributed by atoms with E-state index in [1.165, 1.54) is 0 Å². The van der Waals surface area contributed by atoms with Crippen LogP contribution in [0.5, 0.6) is 11.5 Å². The zero-order valence-electron chi connectivity index (χ0n) is 12.5. The van der Waals surface area contributed by atoms with Crippen LogP contribution in [0.3, 0.4) is 0 Å². The van der Waals surface area contributed by atoms with Crippen molar-refractivity contribution in [1.82, 2.24) is 10.2 Å². The van der Waals surface area contributed by atoms with Gasteiger partial charge in [0.1, 0.15) is 0 Å². The fourth-order valence-corrected chi connectivity index (χ4v) is 4.10. The normalized spacial score (nSPS) is 29.3. The molecule has 1 aromatic carbocycles. The molecule has 2 aliphatic heterocycles. The number of alkyl halides is 1. The smallest absolute Gasteiger partial charge is 0.234 e. The lowest BCUT2D eigenvalue weighted by Crippen LogP contribution is -2.61. The van der Waals surface area contributed by atoms with Crippen LogP contribution in [-0.4, -0.2) is 34.1 Å². The Balaban J connectivity index is 1.53. The molecule has 0 aromatic heterocycles. The van der Waals surface area contributed by atoms with Crippen LogP contribution in [0.15, 0.2) is 18.2 Å². The molecule has 1 amide bonds.